The van der Waals surface area contributed by atoms with E-state index in [9.17, 15) is 9.59 Å². The van der Waals surface area contributed by atoms with E-state index in [0.29, 0.717) is 30.3 Å². The van der Waals surface area contributed by atoms with Gasteiger partial charge in [0.25, 0.3) is 5.91 Å². The number of aryl methyl sites for hydroxylation is 2. The van der Waals surface area contributed by atoms with Gasteiger partial charge in [0.1, 0.15) is 11.5 Å². The lowest BCUT2D eigenvalue weighted by Gasteiger charge is -2.23. The number of likely N-dealkylation sites (tertiary alicyclic amines) is 1. The highest BCUT2D eigenvalue weighted by Crippen LogP contribution is 2.29. The van der Waals surface area contributed by atoms with Crippen molar-refractivity contribution in [1.82, 2.24) is 9.80 Å². The first-order chi connectivity index (χ1) is 10.6. The summed E-state index contributed by atoms with van der Waals surface area (Å²) in [5.41, 5.74) is 0.637. The first-order valence-corrected chi connectivity index (χ1v) is 8.22. The lowest BCUT2D eigenvalue weighted by molar-refractivity contribution is -0.130. The maximum atomic E-state index is 12.7. The molecule has 1 saturated heterocycles. The maximum Gasteiger partial charge on any atom is 0.257 e. The van der Waals surface area contributed by atoms with Gasteiger partial charge in [0, 0.05) is 32.1 Å². The van der Waals surface area contributed by atoms with Crippen LogP contribution in [-0.2, 0) is 4.79 Å². The molecule has 2 fully saturated rings. The fraction of sp³-hybridized carbons (Fsp3) is 0.647. The standard InChI is InChI=1S/C17H24N2O3/c1-12-11-15(13(2)22-12)17(21)19(14-5-6-14)10-7-16(20)18-8-3-4-9-18/h11,14H,3-10H2,1-2H3. The molecule has 5 heteroatoms. The van der Waals surface area contributed by atoms with Crippen LogP contribution < -0.4 is 0 Å². The zero-order chi connectivity index (χ0) is 15.7. The SMILES string of the molecule is Cc1cc(C(=O)N(CCC(=O)N2CCCC2)C2CC2)c(C)o1. The van der Waals surface area contributed by atoms with E-state index in [1.807, 2.05) is 23.6 Å². The van der Waals surface area contributed by atoms with Crippen LogP contribution in [0.3, 0.4) is 0 Å². The van der Waals surface area contributed by atoms with Crippen LogP contribution in [0.4, 0.5) is 0 Å². The molecule has 0 spiro atoms. The number of rotatable bonds is 5. The third-order valence-electron chi connectivity index (χ3n) is 4.55. The van der Waals surface area contributed by atoms with E-state index in [0.717, 1.165) is 44.5 Å². The van der Waals surface area contributed by atoms with Gasteiger partial charge < -0.3 is 14.2 Å². The van der Waals surface area contributed by atoms with Crippen LogP contribution in [0.5, 0.6) is 0 Å². The minimum absolute atomic E-state index is 0.00562. The lowest BCUT2D eigenvalue weighted by atomic mass is 10.2. The molecule has 0 atom stereocenters. The average Bonchev–Trinajstić information content (AvgIpc) is 3.04. The molecule has 2 amide bonds. The van der Waals surface area contributed by atoms with Gasteiger partial charge in [-0.2, -0.15) is 0 Å². The predicted molar refractivity (Wildman–Crippen MR) is 82.7 cm³/mol. The van der Waals surface area contributed by atoms with Gasteiger partial charge >= 0.3 is 0 Å². The summed E-state index contributed by atoms with van der Waals surface area (Å²) >= 11 is 0. The highest BCUT2D eigenvalue weighted by molar-refractivity contribution is 5.96. The van der Waals surface area contributed by atoms with Gasteiger partial charge in [-0.1, -0.05) is 0 Å². The van der Waals surface area contributed by atoms with E-state index in [-0.39, 0.29) is 11.8 Å². The monoisotopic (exact) mass is 304 g/mol. The Morgan fingerprint density at radius 3 is 2.50 bits per heavy atom. The number of amides is 2. The third kappa shape index (κ3) is 3.18. The number of hydrogen-bond donors (Lipinski definition) is 0. The lowest BCUT2D eigenvalue weighted by Crippen LogP contribution is -2.37. The number of carbonyl (C=O) groups is 2. The Hall–Kier alpha value is -1.78. The van der Waals surface area contributed by atoms with Gasteiger partial charge in [-0.25, -0.2) is 0 Å². The molecule has 0 N–H and O–H groups in total. The van der Waals surface area contributed by atoms with Gasteiger partial charge in [0.2, 0.25) is 5.91 Å². The van der Waals surface area contributed by atoms with Gasteiger partial charge in [-0.15, -0.1) is 0 Å². The molecular weight excluding hydrogens is 280 g/mol. The molecule has 1 aliphatic carbocycles. The second-order valence-corrected chi connectivity index (χ2v) is 6.39. The summed E-state index contributed by atoms with van der Waals surface area (Å²) in [6, 6.07) is 2.10. The first-order valence-electron chi connectivity index (χ1n) is 8.22. The van der Waals surface area contributed by atoms with Crippen LogP contribution in [0.15, 0.2) is 10.5 Å². The fourth-order valence-electron chi connectivity index (χ4n) is 3.17. The van der Waals surface area contributed by atoms with Crippen molar-refractivity contribution in [2.75, 3.05) is 19.6 Å². The summed E-state index contributed by atoms with van der Waals surface area (Å²) in [6.07, 6.45) is 4.71. The van der Waals surface area contributed by atoms with Gasteiger partial charge in [0.15, 0.2) is 0 Å². The molecular formula is C17H24N2O3. The van der Waals surface area contributed by atoms with E-state index in [1.165, 1.54) is 0 Å². The molecule has 0 radical (unpaired) electrons. The van der Waals surface area contributed by atoms with E-state index in [4.69, 9.17) is 4.42 Å². The van der Waals surface area contributed by atoms with Gasteiger partial charge in [0.05, 0.1) is 5.56 Å². The molecule has 0 unspecified atom stereocenters. The van der Waals surface area contributed by atoms with Crippen molar-refractivity contribution < 1.29 is 14.0 Å². The number of carbonyl (C=O) groups excluding carboxylic acids is 2. The zero-order valence-corrected chi connectivity index (χ0v) is 13.4. The molecule has 0 bridgehead atoms. The first kappa shape index (κ1) is 15.1. The van der Waals surface area contributed by atoms with Crippen molar-refractivity contribution in [1.29, 1.82) is 0 Å². The Labute approximate surface area is 131 Å². The molecule has 2 heterocycles. The Morgan fingerprint density at radius 1 is 1.27 bits per heavy atom. The van der Waals surface area contributed by atoms with Crippen LogP contribution in [0, 0.1) is 13.8 Å². The molecule has 1 aliphatic heterocycles. The minimum atomic E-state index is 0.00562. The summed E-state index contributed by atoms with van der Waals surface area (Å²) in [6.45, 7) is 5.93. The van der Waals surface area contributed by atoms with Crippen molar-refractivity contribution in [3.8, 4) is 0 Å². The van der Waals surface area contributed by atoms with Crippen molar-refractivity contribution in [3.05, 3.63) is 23.2 Å². The normalized spacial score (nSPS) is 17.8. The Kier molecular flexibility index (Phi) is 4.23. The molecule has 2 aliphatic rings. The zero-order valence-electron chi connectivity index (χ0n) is 13.4. The molecule has 120 valence electrons. The van der Waals surface area contributed by atoms with E-state index >= 15 is 0 Å². The van der Waals surface area contributed by atoms with E-state index in [1.54, 1.807) is 6.07 Å². The number of hydrogen-bond acceptors (Lipinski definition) is 3. The largest absolute Gasteiger partial charge is 0.466 e. The van der Waals surface area contributed by atoms with Gasteiger partial charge in [-0.05, 0) is 45.6 Å². The molecule has 1 saturated carbocycles. The molecule has 1 aromatic rings. The van der Waals surface area contributed by atoms with Crippen molar-refractivity contribution in [2.45, 2.75) is 52.0 Å². The van der Waals surface area contributed by atoms with Crippen LogP contribution in [0.1, 0.15) is 54.0 Å². The number of furan rings is 1. The second-order valence-electron chi connectivity index (χ2n) is 6.39. The smallest absolute Gasteiger partial charge is 0.257 e. The highest BCUT2D eigenvalue weighted by Gasteiger charge is 2.34. The van der Waals surface area contributed by atoms with Crippen LogP contribution in [0.25, 0.3) is 0 Å². The summed E-state index contributed by atoms with van der Waals surface area (Å²) in [7, 11) is 0. The summed E-state index contributed by atoms with van der Waals surface area (Å²) in [5.74, 6) is 1.60. The van der Waals surface area contributed by atoms with Crippen molar-refractivity contribution >= 4 is 11.8 Å². The van der Waals surface area contributed by atoms with Crippen molar-refractivity contribution in [3.63, 3.8) is 0 Å². The highest BCUT2D eigenvalue weighted by atomic mass is 16.3. The third-order valence-corrected chi connectivity index (χ3v) is 4.55. The number of nitrogens with zero attached hydrogens (tertiary/aromatic N) is 2. The topological polar surface area (TPSA) is 53.8 Å². The van der Waals surface area contributed by atoms with Crippen LogP contribution in [0.2, 0.25) is 0 Å². The maximum absolute atomic E-state index is 12.7. The van der Waals surface area contributed by atoms with Gasteiger partial charge in [-0.3, -0.25) is 9.59 Å². The van der Waals surface area contributed by atoms with E-state index in [2.05, 4.69) is 0 Å². The Morgan fingerprint density at radius 2 is 1.95 bits per heavy atom. The fourth-order valence-corrected chi connectivity index (χ4v) is 3.17. The Balaban J connectivity index is 1.64. The molecule has 3 rings (SSSR count). The second kappa shape index (κ2) is 6.15. The quantitative estimate of drug-likeness (QED) is 0.840. The molecule has 0 aromatic carbocycles. The predicted octanol–water partition coefficient (Wildman–Crippen LogP) is 2.51. The van der Waals surface area contributed by atoms with Crippen molar-refractivity contribution in [2.24, 2.45) is 0 Å². The summed E-state index contributed by atoms with van der Waals surface area (Å²) in [4.78, 5) is 28.7. The average molecular weight is 304 g/mol. The van der Waals surface area contributed by atoms with E-state index < -0.39 is 0 Å². The molecule has 1 aromatic heterocycles. The molecule has 5 nitrogen and oxygen atoms in total. The summed E-state index contributed by atoms with van der Waals surface area (Å²) in [5, 5.41) is 0. The Bertz CT molecular complexity index is 568. The summed E-state index contributed by atoms with van der Waals surface area (Å²) < 4.78 is 5.47. The minimum Gasteiger partial charge on any atom is -0.466 e. The van der Waals surface area contributed by atoms with Crippen LogP contribution in [-0.4, -0.2) is 47.3 Å². The molecule has 22 heavy (non-hydrogen) atoms. The van der Waals surface area contributed by atoms with Crippen LogP contribution >= 0.6 is 0 Å².